The lowest BCUT2D eigenvalue weighted by atomic mass is 10.1. The Morgan fingerprint density at radius 3 is 2.29 bits per heavy atom. The lowest BCUT2D eigenvalue weighted by Crippen LogP contribution is -2.47. The highest BCUT2D eigenvalue weighted by Gasteiger charge is 2.34. The summed E-state index contributed by atoms with van der Waals surface area (Å²) < 4.78 is 26.0. The van der Waals surface area contributed by atoms with Gasteiger partial charge in [0.25, 0.3) is 0 Å². The quantitative estimate of drug-likeness (QED) is 0.912. The Hall–Kier alpha value is -0.430. The maximum atomic E-state index is 12.4. The molecule has 0 fully saturated rings. The standard InChI is InChI=1S/C11H19NO3S2/c1-8-6-10(9(2)16-8)17(14,15)12(5)11(3,4)7-13/h6,13H,7H2,1-5H3. The molecule has 1 N–H and O–H groups in total. The normalized spacial score (nSPS) is 13.4. The molecule has 17 heavy (non-hydrogen) atoms. The van der Waals surface area contributed by atoms with Crippen LogP contribution in [0.4, 0.5) is 0 Å². The van der Waals surface area contributed by atoms with Crippen LogP contribution in [0.25, 0.3) is 0 Å². The van der Waals surface area contributed by atoms with Crippen LogP contribution >= 0.6 is 11.3 Å². The number of hydrogen-bond donors (Lipinski definition) is 1. The minimum atomic E-state index is -3.53. The van der Waals surface area contributed by atoms with Gasteiger partial charge in [-0.1, -0.05) is 0 Å². The SMILES string of the molecule is Cc1cc(S(=O)(=O)N(C)C(C)(C)CO)c(C)s1. The molecule has 4 nitrogen and oxygen atoms in total. The highest BCUT2D eigenvalue weighted by Crippen LogP contribution is 2.30. The Morgan fingerprint density at radius 2 is 1.94 bits per heavy atom. The van der Waals surface area contributed by atoms with Gasteiger partial charge in [-0.2, -0.15) is 4.31 Å². The number of rotatable bonds is 4. The summed E-state index contributed by atoms with van der Waals surface area (Å²) in [6.45, 7) is 6.85. The van der Waals surface area contributed by atoms with E-state index in [4.69, 9.17) is 0 Å². The molecule has 0 radical (unpaired) electrons. The highest BCUT2D eigenvalue weighted by atomic mass is 32.2. The second kappa shape index (κ2) is 4.68. The van der Waals surface area contributed by atoms with Crippen molar-refractivity contribution in [2.45, 2.75) is 38.1 Å². The minimum Gasteiger partial charge on any atom is -0.394 e. The molecule has 0 atom stereocenters. The van der Waals surface area contributed by atoms with Gasteiger partial charge in [0.2, 0.25) is 10.0 Å². The summed E-state index contributed by atoms with van der Waals surface area (Å²) in [7, 11) is -2.04. The molecule has 1 aromatic rings. The van der Waals surface area contributed by atoms with E-state index in [9.17, 15) is 13.5 Å². The zero-order valence-corrected chi connectivity index (χ0v) is 12.4. The number of likely N-dealkylation sites (N-methyl/N-ethyl adjacent to an activating group) is 1. The van der Waals surface area contributed by atoms with Gasteiger partial charge in [0, 0.05) is 16.8 Å². The van der Waals surface area contributed by atoms with Crippen molar-refractivity contribution in [1.29, 1.82) is 0 Å². The largest absolute Gasteiger partial charge is 0.394 e. The summed E-state index contributed by atoms with van der Waals surface area (Å²) in [5, 5.41) is 9.25. The predicted molar refractivity (Wildman–Crippen MR) is 69.9 cm³/mol. The van der Waals surface area contributed by atoms with Crippen LogP contribution in [0.2, 0.25) is 0 Å². The van der Waals surface area contributed by atoms with Crippen LogP contribution in [0.5, 0.6) is 0 Å². The first-order chi connectivity index (χ1) is 7.63. The Kier molecular flexibility index (Phi) is 4.03. The second-order valence-electron chi connectivity index (χ2n) is 4.72. The number of sulfonamides is 1. The van der Waals surface area contributed by atoms with Gasteiger partial charge >= 0.3 is 0 Å². The van der Waals surface area contributed by atoms with Crippen LogP contribution in [0, 0.1) is 13.8 Å². The van der Waals surface area contributed by atoms with Crippen molar-refractivity contribution in [2.24, 2.45) is 0 Å². The zero-order chi connectivity index (χ0) is 13.4. The van der Waals surface area contributed by atoms with Gasteiger partial charge in [-0.25, -0.2) is 8.42 Å². The van der Waals surface area contributed by atoms with Crippen LogP contribution < -0.4 is 0 Å². The summed E-state index contributed by atoms with van der Waals surface area (Å²) in [6, 6.07) is 1.68. The number of aliphatic hydroxyl groups excluding tert-OH is 1. The maximum absolute atomic E-state index is 12.4. The van der Waals surface area contributed by atoms with E-state index in [0.717, 1.165) is 9.75 Å². The van der Waals surface area contributed by atoms with Gasteiger partial charge in [-0.15, -0.1) is 11.3 Å². The molecular formula is C11H19NO3S2. The first-order valence-electron chi connectivity index (χ1n) is 5.30. The average Bonchev–Trinajstić information content (AvgIpc) is 2.57. The lowest BCUT2D eigenvalue weighted by Gasteiger charge is -2.32. The molecule has 0 amide bonds. The lowest BCUT2D eigenvalue weighted by molar-refractivity contribution is 0.138. The first-order valence-corrected chi connectivity index (χ1v) is 7.55. The fourth-order valence-corrected chi connectivity index (χ4v) is 4.46. The van der Waals surface area contributed by atoms with Gasteiger partial charge in [0.15, 0.2) is 0 Å². The van der Waals surface area contributed by atoms with Crippen molar-refractivity contribution >= 4 is 21.4 Å². The number of aryl methyl sites for hydroxylation is 2. The van der Waals surface area contributed by atoms with E-state index in [1.807, 2.05) is 6.92 Å². The van der Waals surface area contributed by atoms with E-state index in [0.29, 0.717) is 4.90 Å². The smallest absolute Gasteiger partial charge is 0.244 e. The topological polar surface area (TPSA) is 57.6 Å². The third-order valence-corrected chi connectivity index (χ3v) is 6.16. The maximum Gasteiger partial charge on any atom is 0.244 e. The van der Waals surface area contributed by atoms with Crippen LogP contribution in [0.1, 0.15) is 23.6 Å². The van der Waals surface area contributed by atoms with Gasteiger partial charge in [-0.3, -0.25) is 0 Å². The average molecular weight is 277 g/mol. The third-order valence-electron chi connectivity index (χ3n) is 2.87. The molecule has 0 aliphatic carbocycles. The van der Waals surface area contributed by atoms with Crippen molar-refractivity contribution in [3.05, 3.63) is 15.8 Å². The fraction of sp³-hybridized carbons (Fsp3) is 0.636. The molecule has 98 valence electrons. The molecule has 0 saturated heterocycles. The highest BCUT2D eigenvalue weighted by molar-refractivity contribution is 7.89. The van der Waals surface area contributed by atoms with E-state index in [1.54, 1.807) is 26.8 Å². The monoisotopic (exact) mass is 277 g/mol. The Bertz CT molecular complexity index is 503. The molecule has 0 bridgehead atoms. The third kappa shape index (κ3) is 2.70. The molecule has 1 heterocycles. The first kappa shape index (κ1) is 14.6. The van der Waals surface area contributed by atoms with Crippen molar-refractivity contribution < 1.29 is 13.5 Å². The van der Waals surface area contributed by atoms with E-state index >= 15 is 0 Å². The Balaban J connectivity index is 3.25. The van der Waals surface area contributed by atoms with E-state index in [-0.39, 0.29) is 6.61 Å². The van der Waals surface area contributed by atoms with E-state index in [1.165, 1.54) is 22.7 Å². The molecule has 1 rings (SSSR count). The molecule has 0 aliphatic rings. The second-order valence-corrected chi connectivity index (χ2v) is 8.12. The van der Waals surface area contributed by atoms with Crippen molar-refractivity contribution in [1.82, 2.24) is 4.31 Å². The molecule has 1 aromatic heterocycles. The number of nitrogens with zero attached hydrogens (tertiary/aromatic N) is 1. The summed E-state index contributed by atoms with van der Waals surface area (Å²) >= 11 is 1.46. The molecule has 0 spiro atoms. The van der Waals surface area contributed by atoms with Crippen LogP contribution in [-0.4, -0.2) is 37.0 Å². The molecule has 6 heteroatoms. The molecule has 0 aromatic carbocycles. The van der Waals surface area contributed by atoms with Crippen LogP contribution in [0.3, 0.4) is 0 Å². The van der Waals surface area contributed by atoms with Crippen LogP contribution in [0.15, 0.2) is 11.0 Å². The summed E-state index contributed by atoms with van der Waals surface area (Å²) in [4.78, 5) is 2.09. The van der Waals surface area contributed by atoms with E-state index in [2.05, 4.69) is 0 Å². The number of aliphatic hydroxyl groups is 1. The van der Waals surface area contributed by atoms with Crippen molar-refractivity contribution in [3.8, 4) is 0 Å². The predicted octanol–water partition coefficient (Wildman–Crippen LogP) is 1.76. The minimum absolute atomic E-state index is 0.217. The van der Waals surface area contributed by atoms with Crippen molar-refractivity contribution in [2.75, 3.05) is 13.7 Å². The summed E-state index contributed by atoms with van der Waals surface area (Å²) in [5.74, 6) is 0. The molecule has 0 unspecified atom stereocenters. The van der Waals surface area contributed by atoms with Gasteiger partial charge in [0.1, 0.15) is 0 Å². The summed E-state index contributed by atoms with van der Waals surface area (Å²) in [6.07, 6.45) is 0. The fourth-order valence-electron chi connectivity index (χ4n) is 1.44. The molecular weight excluding hydrogens is 258 g/mol. The number of hydrogen-bond acceptors (Lipinski definition) is 4. The molecule has 0 aliphatic heterocycles. The van der Waals surface area contributed by atoms with Gasteiger partial charge in [-0.05, 0) is 33.8 Å². The van der Waals surface area contributed by atoms with Gasteiger partial charge < -0.3 is 5.11 Å². The van der Waals surface area contributed by atoms with Crippen molar-refractivity contribution in [3.63, 3.8) is 0 Å². The Labute approximate surface area is 107 Å². The van der Waals surface area contributed by atoms with E-state index < -0.39 is 15.6 Å². The Morgan fingerprint density at radius 1 is 1.41 bits per heavy atom. The van der Waals surface area contributed by atoms with Crippen LogP contribution in [-0.2, 0) is 10.0 Å². The summed E-state index contributed by atoms with van der Waals surface area (Å²) in [5.41, 5.74) is -0.804. The molecule has 0 saturated carbocycles. The zero-order valence-electron chi connectivity index (χ0n) is 10.8. The number of thiophene rings is 1. The van der Waals surface area contributed by atoms with Gasteiger partial charge in [0.05, 0.1) is 17.0 Å².